The number of rotatable bonds is 12. The van der Waals surface area contributed by atoms with Crippen molar-refractivity contribution in [3.8, 4) is 5.75 Å². The van der Waals surface area contributed by atoms with E-state index in [0.717, 1.165) is 16.7 Å². The molecule has 11 heteroatoms. The second-order valence-corrected chi connectivity index (χ2v) is 11.5. The molecule has 0 fully saturated rings. The number of methoxy groups -OCH3 is 1. The van der Waals surface area contributed by atoms with Crippen LogP contribution in [0.1, 0.15) is 34.2 Å². The summed E-state index contributed by atoms with van der Waals surface area (Å²) in [5.74, 6) is -1.07. The number of nitrogens with one attached hydrogen (secondary N) is 3. The molecule has 5 rings (SSSR count). The summed E-state index contributed by atoms with van der Waals surface area (Å²) < 4.78 is 5.29. The van der Waals surface area contributed by atoms with Gasteiger partial charge in [0.15, 0.2) is 5.96 Å². The second-order valence-electron chi connectivity index (χ2n) is 11.5. The van der Waals surface area contributed by atoms with Crippen molar-refractivity contribution in [3.63, 3.8) is 0 Å². The number of primary amides is 1. The molecule has 11 nitrogen and oxygen atoms in total. The minimum absolute atomic E-state index is 0.236. The number of nitrogens with two attached hydrogens (primary N) is 2. The minimum Gasteiger partial charge on any atom is -0.497 e. The van der Waals surface area contributed by atoms with E-state index < -0.39 is 23.9 Å². The third kappa shape index (κ3) is 8.26. The van der Waals surface area contributed by atoms with Gasteiger partial charge >= 0.3 is 6.03 Å². The van der Waals surface area contributed by atoms with Gasteiger partial charge in [0.05, 0.1) is 13.0 Å². The Morgan fingerprint density at radius 2 is 1.28 bits per heavy atom. The molecule has 0 aliphatic carbocycles. The average molecular weight is 670 g/mol. The number of nitrogens with zero attached hydrogens (tertiary/aromatic N) is 2. The maximum atomic E-state index is 14.5. The molecule has 0 radical (unpaired) electrons. The lowest BCUT2D eigenvalue weighted by Gasteiger charge is -2.29. The summed E-state index contributed by atoms with van der Waals surface area (Å²) in [6.07, 6.45) is 0. The molecule has 0 bridgehead atoms. The van der Waals surface area contributed by atoms with Crippen molar-refractivity contribution in [1.82, 2.24) is 10.6 Å². The molecule has 7 N–H and O–H groups in total. The molecule has 0 spiro atoms. The van der Waals surface area contributed by atoms with Gasteiger partial charge in [-0.2, -0.15) is 0 Å². The normalized spacial score (nSPS) is 11.3. The Kier molecular flexibility index (Phi) is 11.1. The molecule has 0 saturated heterocycles. The first-order chi connectivity index (χ1) is 24.2. The van der Waals surface area contributed by atoms with Gasteiger partial charge in [-0.3, -0.25) is 19.9 Å². The Balaban J connectivity index is 1.54. The first kappa shape index (κ1) is 34.7. The summed E-state index contributed by atoms with van der Waals surface area (Å²) in [6, 6.07) is 38.2. The van der Waals surface area contributed by atoms with Gasteiger partial charge < -0.3 is 31.7 Å². The summed E-state index contributed by atoms with van der Waals surface area (Å²) in [5.41, 5.74) is 15.8. The Labute approximate surface area is 291 Å². The van der Waals surface area contributed by atoms with Crippen LogP contribution in [0.25, 0.3) is 0 Å². The number of amides is 4. The van der Waals surface area contributed by atoms with Crippen LogP contribution in [0, 0.1) is 5.41 Å². The lowest BCUT2D eigenvalue weighted by Crippen LogP contribution is -2.43. The molecule has 0 aromatic heterocycles. The zero-order chi connectivity index (χ0) is 35.6. The number of hydrogen-bond acceptors (Lipinski definition) is 5. The SMILES string of the molecule is COc1ccc(N(C(=N)N)c2cccc(C(NC(=O)C(c3ccccc3)c3ccccc3)C(=O)N(C)c3ccc(CNC(N)=O)cc3)c2)cc1. The monoisotopic (exact) mass is 669 g/mol. The average Bonchev–Trinajstić information content (AvgIpc) is 3.14. The van der Waals surface area contributed by atoms with E-state index in [-0.39, 0.29) is 18.4 Å². The Hall–Kier alpha value is -6.62. The highest BCUT2D eigenvalue weighted by atomic mass is 16.5. The summed E-state index contributed by atoms with van der Waals surface area (Å²) in [7, 11) is 3.20. The van der Waals surface area contributed by atoms with Crippen molar-refractivity contribution in [3.05, 3.63) is 156 Å². The molecular formula is C39H39N7O4. The fourth-order valence-electron chi connectivity index (χ4n) is 5.65. The van der Waals surface area contributed by atoms with Gasteiger partial charge in [0.2, 0.25) is 5.91 Å². The first-order valence-corrected chi connectivity index (χ1v) is 15.8. The summed E-state index contributed by atoms with van der Waals surface area (Å²) in [6.45, 7) is 0.236. The van der Waals surface area contributed by atoms with Crippen molar-refractivity contribution >= 4 is 40.9 Å². The standard InChI is InChI=1S/C39H39N7O4/c1-45(30-18-16-26(17-19-30)25-43-39(42)49)37(48)35(44-36(47)34(27-10-5-3-6-11-27)28-12-7-4-8-13-28)29-14-9-15-32(24-29)46(38(40)41)31-20-22-33(50-2)23-21-31/h3-24,34-35H,25H2,1-2H3,(H3,40,41)(H,44,47)(H3,42,43,49). The van der Waals surface area contributed by atoms with Gasteiger partial charge in [-0.1, -0.05) is 84.9 Å². The van der Waals surface area contributed by atoms with Crippen molar-refractivity contribution < 1.29 is 19.1 Å². The Morgan fingerprint density at radius 3 is 1.82 bits per heavy atom. The van der Waals surface area contributed by atoms with E-state index in [2.05, 4.69) is 10.6 Å². The fourth-order valence-corrected chi connectivity index (χ4v) is 5.65. The molecule has 5 aromatic rings. The number of ether oxygens (including phenoxy) is 1. The quantitative estimate of drug-likeness (QED) is 0.0863. The predicted octanol–water partition coefficient (Wildman–Crippen LogP) is 5.55. The Morgan fingerprint density at radius 1 is 0.720 bits per heavy atom. The van der Waals surface area contributed by atoms with Crippen LogP contribution in [0.5, 0.6) is 5.75 Å². The topological polar surface area (TPSA) is 167 Å². The van der Waals surface area contributed by atoms with Crippen molar-refractivity contribution in [2.45, 2.75) is 18.5 Å². The summed E-state index contributed by atoms with van der Waals surface area (Å²) >= 11 is 0. The number of urea groups is 1. The number of carbonyl (C=O) groups excluding carboxylic acids is 3. The van der Waals surface area contributed by atoms with E-state index >= 15 is 0 Å². The number of carbonyl (C=O) groups is 3. The number of likely N-dealkylation sites (N-methyl/N-ethyl adjacent to an activating group) is 1. The van der Waals surface area contributed by atoms with Crippen molar-refractivity contribution in [1.29, 1.82) is 5.41 Å². The number of benzene rings is 5. The van der Waals surface area contributed by atoms with Gasteiger partial charge in [0.1, 0.15) is 11.8 Å². The van der Waals surface area contributed by atoms with E-state index in [4.69, 9.17) is 21.6 Å². The van der Waals surface area contributed by atoms with Crippen LogP contribution < -0.4 is 36.6 Å². The minimum atomic E-state index is -1.14. The summed E-state index contributed by atoms with van der Waals surface area (Å²) in [5, 5.41) is 14.0. The third-order valence-corrected chi connectivity index (χ3v) is 8.22. The van der Waals surface area contributed by atoms with Crippen LogP contribution in [0.3, 0.4) is 0 Å². The molecule has 1 atom stereocenters. The highest BCUT2D eigenvalue weighted by Gasteiger charge is 2.31. The number of guanidine groups is 1. The lowest BCUT2D eigenvalue weighted by molar-refractivity contribution is -0.128. The zero-order valence-electron chi connectivity index (χ0n) is 27.7. The van der Waals surface area contributed by atoms with E-state index in [0.29, 0.717) is 28.4 Å². The van der Waals surface area contributed by atoms with E-state index in [9.17, 15) is 14.4 Å². The second kappa shape index (κ2) is 16.0. The van der Waals surface area contributed by atoms with E-state index in [1.807, 2.05) is 60.7 Å². The van der Waals surface area contributed by atoms with Crippen LogP contribution >= 0.6 is 0 Å². The molecule has 0 aliphatic heterocycles. The van der Waals surface area contributed by atoms with E-state index in [1.165, 1.54) is 9.80 Å². The molecule has 254 valence electrons. The van der Waals surface area contributed by atoms with Crippen molar-refractivity contribution in [2.24, 2.45) is 11.5 Å². The number of hydrogen-bond donors (Lipinski definition) is 5. The zero-order valence-corrected chi connectivity index (χ0v) is 27.7. The predicted molar refractivity (Wildman–Crippen MR) is 195 cm³/mol. The highest BCUT2D eigenvalue weighted by Crippen LogP contribution is 2.32. The van der Waals surface area contributed by atoms with Crippen molar-refractivity contribution in [2.75, 3.05) is 24.0 Å². The molecule has 0 aliphatic rings. The smallest absolute Gasteiger partial charge is 0.312 e. The van der Waals surface area contributed by atoms with Gasteiger partial charge in [-0.25, -0.2) is 4.79 Å². The summed E-state index contributed by atoms with van der Waals surface area (Å²) in [4.78, 5) is 43.0. The first-order valence-electron chi connectivity index (χ1n) is 15.8. The van der Waals surface area contributed by atoms with Gasteiger partial charge in [-0.15, -0.1) is 0 Å². The maximum absolute atomic E-state index is 14.5. The van der Waals surface area contributed by atoms with Crippen LogP contribution in [-0.4, -0.2) is 38.0 Å². The van der Waals surface area contributed by atoms with Gasteiger partial charge in [-0.05, 0) is 70.8 Å². The molecule has 4 amide bonds. The van der Waals surface area contributed by atoms with Crippen LogP contribution in [0.2, 0.25) is 0 Å². The molecule has 0 saturated carbocycles. The molecular weight excluding hydrogens is 630 g/mol. The maximum Gasteiger partial charge on any atom is 0.312 e. The molecule has 50 heavy (non-hydrogen) atoms. The number of anilines is 3. The molecule has 5 aromatic carbocycles. The Bertz CT molecular complexity index is 1900. The van der Waals surface area contributed by atoms with Crippen LogP contribution in [0.15, 0.2) is 133 Å². The largest absolute Gasteiger partial charge is 0.497 e. The highest BCUT2D eigenvalue weighted by molar-refractivity contribution is 6.02. The van der Waals surface area contributed by atoms with E-state index in [1.54, 1.807) is 87.0 Å². The molecule has 1 unspecified atom stereocenters. The van der Waals surface area contributed by atoms with Gasteiger partial charge in [0, 0.05) is 30.7 Å². The van der Waals surface area contributed by atoms with Crippen LogP contribution in [0.4, 0.5) is 21.9 Å². The lowest BCUT2D eigenvalue weighted by atomic mass is 9.90. The third-order valence-electron chi connectivity index (χ3n) is 8.22. The molecule has 0 heterocycles. The van der Waals surface area contributed by atoms with Crippen LogP contribution in [-0.2, 0) is 16.1 Å². The van der Waals surface area contributed by atoms with Gasteiger partial charge in [0.25, 0.3) is 5.91 Å². The fraction of sp³-hybridized carbons (Fsp3) is 0.128.